The Labute approximate surface area is 66.2 Å². The fraction of sp³-hybridized carbons (Fsp3) is 0.222. The van der Waals surface area contributed by atoms with E-state index in [0.717, 1.165) is 5.56 Å². The van der Waals surface area contributed by atoms with Gasteiger partial charge in [-0.1, -0.05) is 24.3 Å². The molecule has 1 N–H and O–H groups in total. The molecule has 0 atom stereocenters. The zero-order valence-electron chi connectivity index (χ0n) is 6.42. The van der Waals surface area contributed by atoms with Gasteiger partial charge < -0.3 is 5.32 Å². The average Bonchev–Trinajstić information content (AvgIpc) is 2.03. The largest absolute Gasteiger partial charge is 0.352 e. The van der Waals surface area contributed by atoms with Crippen LogP contribution in [-0.2, 0) is 11.3 Å². The van der Waals surface area contributed by atoms with Crippen molar-refractivity contribution in [2.45, 2.75) is 13.5 Å². The molecule has 0 aliphatic carbocycles. The zero-order valence-corrected chi connectivity index (χ0v) is 6.42. The molecule has 0 aromatic heterocycles. The third kappa shape index (κ3) is 2.85. The van der Waals surface area contributed by atoms with Crippen molar-refractivity contribution in [1.82, 2.24) is 5.32 Å². The molecule has 1 amide bonds. The Morgan fingerprint density at radius 1 is 1.64 bits per heavy atom. The van der Waals surface area contributed by atoms with Crippen molar-refractivity contribution in [3.05, 3.63) is 35.9 Å². The van der Waals surface area contributed by atoms with Crippen LogP contribution >= 0.6 is 0 Å². The maximum Gasteiger partial charge on any atom is 0.217 e. The number of benzene rings is 1. The molecular formula is C9H10NO. The molecule has 0 aliphatic heterocycles. The second-order valence-corrected chi connectivity index (χ2v) is 2.30. The quantitative estimate of drug-likeness (QED) is 0.669. The molecule has 0 fully saturated rings. The first-order valence-corrected chi connectivity index (χ1v) is 3.49. The smallest absolute Gasteiger partial charge is 0.217 e. The minimum atomic E-state index is -0.0118. The van der Waals surface area contributed by atoms with Crippen LogP contribution in [0.3, 0.4) is 0 Å². The first kappa shape index (κ1) is 7.79. The van der Waals surface area contributed by atoms with E-state index in [1.165, 1.54) is 6.92 Å². The second kappa shape index (κ2) is 3.76. The molecule has 0 saturated heterocycles. The van der Waals surface area contributed by atoms with Gasteiger partial charge in [-0.2, -0.15) is 0 Å². The fourth-order valence-electron chi connectivity index (χ4n) is 0.760. The molecule has 0 spiro atoms. The Morgan fingerprint density at radius 2 is 2.45 bits per heavy atom. The van der Waals surface area contributed by atoms with Crippen molar-refractivity contribution >= 4 is 5.91 Å². The number of carbonyl (C=O) groups is 1. The number of hydrogen-bond acceptors (Lipinski definition) is 1. The van der Waals surface area contributed by atoms with Crippen LogP contribution < -0.4 is 5.32 Å². The molecular weight excluding hydrogens is 138 g/mol. The maximum absolute atomic E-state index is 10.5. The number of carbonyl (C=O) groups excluding carboxylic acids is 1. The third-order valence-corrected chi connectivity index (χ3v) is 1.30. The van der Waals surface area contributed by atoms with E-state index >= 15 is 0 Å². The van der Waals surface area contributed by atoms with Crippen LogP contribution in [0.25, 0.3) is 0 Å². The zero-order chi connectivity index (χ0) is 8.10. The van der Waals surface area contributed by atoms with E-state index in [4.69, 9.17) is 0 Å². The summed E-state index contributed by atoms with van der Waals surface area (Å²) in [6.07, 6.45) is 0. The van der Waals surface area contributed by atoms with Gasteiger partial charge in [0, 0.05) is 13.5 Å². The monoisotopic (exact) mass is 148 g/mol. The van der Waals surface area contributed by atoms with E-state index in [9.17, 15) is 4.79 Å². The molecule has 2 heteroatoms. The summed E-state index contributed by atoms with van der Waals surface area (Å²) in [7, 11) is 0. The van der Waals surface area contributed by atoms with Crippen molar-refractivity contribution in [1.29, 1.82) is 0 Å². The van der Waals surface area contributed by atoms with Crippen LogP contribution in [0.1, 0.15) is 12.5 Å². The Morgan fingerprint density at radius 3 is 3.00 bits per heavy atom. The van der Waals surface area contributed by atoms with Crippen molar-refractivity contribution in [2.75, 3.05) is 0 Å². The Balaban J connectivity index is 2.45. The van der Waals surface area contributed by atoms with Gasteiger partial charge in [-0.05, 0) is 11.6 Å². The van der Waals surface area contributed by atoms with E-state index in [2.05, 4.69) is 11.4 Å². The molecule has 57 valence electrons. The van der Waals surface area contributed by atoms with Crippen LogP contribution in [0, 0.1) is 6.07 Å². The second-order valence-electron chi connectivity index (χ2n) is 2.30. The van der Waals surface area contributed by atoms with Gasteiger partial charge in [0.1, 0.15) is 0 Å². The average molecular weight is 148 g/mol. The highest BCUT2D eigenvalue weighted by Crippen LogP contribution is 1.95. The van der Waals surface area contributed by atoms with Gasteiger partial charge in [0.2, 0.25) is 5.91 Å². The highest BCUT2D eigenvalue weighted by Gasteiger charge is 1.91. The summed E-state index contributed by atoms with van der Waals surface area (Å²) < 4.78 is 0. The normalized spacial score (nSPS) is 9.18. The summed E-state index contributed by atoms with van der Waals surface area (Å²) in [5.74, 6) is -0.0118. The molecule has 1 rings (SSSR count). The molecule has 11 heavy (non-hydrogen) atoms. The first-order valence-electron chi connectivity index (χ1n) is 3.49. The van der Waals surface area contributed by atoms with Gasteiger partial charge in [-0.3, -0.25) is 4.79 Å². The lowest BCUT2D eigenvalue weighted by atomic mass is 10.2. The van der Waals surface area contributed by atoms with Crippen molar-refractivity contribution in [2.24, 2.45) is 0 Å². The predicted molar refractivity (Wildman–Crippen MR) is 42.8 cm³/mol. The summed E-state index contributed by atoms with van der Waals surface area (Å²) in [5.41, 5.74) is 1.00. The van der Waals surface area contributed by atoms with E-state index in [1.807, 2.05) is 24.3 Å². The van der Waals surface area contributed by atoms with E-state index in [-0.39, 0.29) is 5.91 Å². The van der Waals surface area contributed by atoms with Gasteiger partial charge in [0.15, 0.2) is 0 Å². The summed E-state index contributed by atoms with van der Waals surface area (Å²) >= 11 is 0. The lowest BCUT2D eigenvalue weighted by Crippen LogP contribution is -2.18. The summed E-state index contributed by atoms with van der Waals surface area (Å²) in [6, 6.07) is 10.6. The van der Waals surface area contributed by atoms with Crippen LogP contribution in [0.15, 0.2) is 24.3 Å². The van der Waals surface area contributed by atoms with E-state index in [1.54, 1.807) is 0 Å². The van der Waals surface area contributed by atoms with Crippen LogP contribution in [0.4, 0.5) is 0 Å². The maximum atomic E-state index is 10.5. The molecule has 1 aromatic carbocycles. The molecule has 0 saturated carbocycles. The first-order chi connectivity index (χ1) is 5.29. The number of nitrogens with one attached hydrogen (secondary N) is 1. The van der Waals surface area contributed by atoms with Crippen LogP contribution in [0.2, 0.25) is 0 Å². The minimum Gasteiger partial charge on any atom is -0.352 e. The molecule has 0 bridgehead atoms. The Kier molecular flexibility index (Phi) is 2.66. The van der Waals surface area contributed by atoms with Crippen LogP contribution in [-0.4, -0.2) is 5.91 Å². The lowest BCUT2D eigenvalue weighted by molar-refractivity contribution is -0.119. The Hall–Kier alpha value is -1.31. The molecule has 1 aromatic rings. The molecule has 0 unspecified atom stereocenters. The number of hydrogen-bond donors (Lipinski definition) is 1. The number of amides is 1. The predicted octanol–water partition coefficient (Wildman–Crippen LogP) is 1.12. The highest BCUT2D eigenvalue weighted by molar-refractivity contribution is 5.72. The molecule has 0 aliphatic rings. The lowest BCUT2D eigenvalue weighted by Gasteiger charge is -1.99. The standard InChI is InChI=1S/C9H10NO/c1-8(11)10-7-9-5-3-2-4-6-9/h2-5H,7H2,1H3,(H,10,11). The molecule has 1 radical (unpaired) electrons. The SMILES string of the molecule is CC(=O)NCc1[c]cccc1. The number of rotatable bonds is 2. The Bertz CT molecular complexity index is 231. The minimum absolute atomic E-state index is 0.0118. The van der Waals surface area contributed by atoms with Gasteiger partial charge in [0.05, 0.1) is 0 Å². The summed E-state index contributed by atoms with van der Waals surface area (Å²) in [5, 5.41) is 2.69. The van der Waals surface area contributed by atoms with Crippen LogP contribution in [0.5, 0.6) is 0 Å². The molecule has 0 heterocycles. The third-order valence-electron chi connectivity index (χ3n) is 1.30. The van der Waals surface area contributed by atoms with E-state index in [0.29, 0.717) is 6.54 Å². The van der Waals surface area contributed by atoms with Gasteiger partial charge in [0.25, 0.3) is 0 Å². The van der Waals surface area contributed by atoms with Crippen molar-refractivity contribution in [3.8, 4) is 0 Å². The van der Waals surface area contributed by atoms with Crippen molar-refractivity contribution < 1.29 is 4.79 Å². The van der Waals surface area contributed by atoms with E-state index < -0.39 is 0 Å². The van der Waals surface area contributed by atoms with Gasteiger partial charge in [-0.15, -0.1) is 0 Å². The highest BCUT2D eigenvalue weighted by atomic mass is 16.1. The topological polar surface area (TPSA) is 29.1 Å². The van der Waals surface area contributed by atoms with Gasteiger partial charge in [-0.25, -0.2) is 0 Å². The van der Waals surface area contributed by atoms with Gasteiger partial charge >= 0.3 is 0 Å². The molecule has 2 nitrogen and oxygen atoms in total. The summed E-state index contributed by atoms with van der Waals surface area (Å²) in [6.45, 7) is 2.07. The summed E-state index contributed by atoms with van der Waals surface area (Å²) in [4.78, 5) is 10.5. The van der Waals surface area contributed by atoms with Crippen molar-refractivity contribution in [3.63, 3.8) is 0 Å². The fourth-order valence-corrected chi connectivity index (χ4v) is 0.760.